The number of carbonyl (C=O) groups excluding carboxylic acids is 1. The van der Waals surface area contributed by atoms with Gasteiger partial charge >= 0.3 is 0 Å². The molecular weight excluding hydrogens is 268 g/mol. The number of carbonyl (C=O) groups is 1. The van der Waals surface area contributed by atoms with E-state index in [0.717, 1.165) is 16.9 Å². The Bertz CT molecular complexity index is 797. The van der Waals surface area contributed by atoms with Crippen LogP contribution < -0.4 is 5.32 Å². The van der Waals surface area contributed by atoms with Gasteiger partial charge in [-0.3, -0.25) is 9.89 Å². The van der Waals surface area contributed by atoms with Gasteiger partial charge in [-0.05, 0) is 32.0 Å². The van der Waals surface area contributed by atoms with Crippen molar-refractivity contribution in [1.29, 1.82) is 0 Å². The van der Waals surface area contributed by atoms with Crippen molar-refractivity contribution < 1.29 is 4.79 Å². The molecule has 0 spiro atoms. The lowest BCUT2D eigenvalue weighted by atomic mass is 10.1. The molecule has 0 aliphatic rings. The third-order valence-electron chi connectivity index (χ3n) is 3.22. The van der Waals surface area contributed by atoms with E-state index in [1.807, 2.05) is 13.8 Å². The molecule has 1 aromatic carbocycles. The normalized spacial score (nSPS) is 10.8. The topological polar surface area (TPSA) is 96.5 Å². The van der Waals surface area contributed by atoms with Crippen LogP contribution in [0.4, 0.5) is 0 Å². The van der Waals surface area contributed by atoms with E-state index < -0.39 is 0 Å². The predicted octanol–water partition coefficient (Wildman–Crippen LogP) is 1.29. The first-order valence-corrected chi connectivity index (χ1v) is 6.51. The molecule has 2 N–H and O–H groups in total. The zero-order valence-electron chi connectivity index (χ0n) is 11.7. The minimum atomic E-state index is -0.187. The molecule has 7 heteroatoms. The quantitative estimate of drug-likeness (QED) is 0.754. The van der Waals surface area contributed by atoms with Crippen molar-refractivity contribution in [3.63, 3.8) is 0 Å². The molecule has 0 radical (unpaired) electrons. The largest absolute Gasteiger partial charge is 0.345 e. The van der Waals surface area contributed by atoms with Crippen molar-refractivity contribution in [2.75, 3.05) is 0 Å². The van der Waals surface area contributed by atoms with Gasteiger partial charge in [0.15, 0.2) is 0 Å². The van der Waals surface area contributed by atoms with E-state index in [1.54, 1.807) is 18.2 Å². The molecule has 106 valence electrons. The summed E-state index contributed by atoms with van der Waals surface area (Å²) in [6.45, 7) is 4.12. The zero-order valence-corrected chi connectivity index (χ0v) is 11.7. The van der Waals surface area contributed by atoms with E-state index in [4.69, 9.17) is 0 Å². The Morgan fingerprint density at radius 2 is 1.95 bits per heavy atom. The summed E-state index contributed by atoms with van der Waals surface area (Å²) in [4.78, 5) is 25.0. The van der Waals surface area contributed by atoms with Gasteiger partial charge in [-0.1, -0.05) is 0 Å². The second-order valence-corrected chi connectivity index (χ2v) is 4.71. The smallest absolute Gasteiger partial charge is 0.251 e. The Hall–Kier alpha value is -2.83. The summed E-state index contributed by atoms with van der Waals surface area (Å²) in [6, 6.07) is 5.28. The number of H-pyrrole nitrogens is 1. The molecular formula is C14H14N6O. The maximum Gasteiger partial charge on any atom is 0.251 e. The summed E-state index contributed by atoms with van der Waals surface area (Å²) in [5.41, 5.74) is 3.79. The second-order valence-electron chi connectivity index (χ2n) is 4.71. The monoisotopic (exact) mass is 282 g/mol. The lowest BCUT2D eigenvalue weighted by Gasteiger charge is -2.06. The molecule has 0 aliphatic carbocycles. The van der Waals surface area contributed by atoms with Crippen LogP contribution in [-0.2, 0) is 6.54 Å². The molecule has 1 amide bonds. The van der Waals surface area contributed by atoms with Gasteiger partial charge in [0.2, 0.25) is 0 Å². The number of rotatable bonds is 3. The summed E-state index contributed by atoms with van der Waals surface area (Å²) in [7, 11) is 0. The fraction of sp³-hybridized carbons (Fsp3) is 0.214. The molecule has 0 fully saturated rings. The Kier molecular flexibility index (Phi) is 3.31. The number of nitrogens with zero attached hydrogens (tertiary/aromatic N) is 4. The van der Waals surface area contributed by atoms with Gasteiger partial charge in [0.1, 0.15) is 12.2 Å². The van der Waals surface area contributed by atoms with Crippen LogP contribution in [0.5, 0.6) is 0 Å². The van der Waals surface area contributed by atoms with Crippen LogP contribution in [0.3, 0.4) is 0 Å². The predicted molar refractivity (Wildman–Crippen MR) is 76.6 cm³/mol. The molecule has 0 atom stereocenters. The van der Waals surface area contributed by atoms with Crippen molar-refractivity contribution in [3.05, 3.63) is 47.3 Å². The van der Waals surface area contributed by atoms with E-state index in [0.29, 0.717) is 23.4 Å². The number of amides is 1. The number of fused-ring (bicyclic) bond motifs is 1. The fourth-order valence-electron chi connectivity index (χ4n) is 1.95. The van der Waals surface area contributed by atoms with Gasteiger partial charge in [-0.15, -0.1) is 0 Å². The number of hydrogen-bond donors (Lipinski definition) is 2. The van der Waals surface area contributed by atoms with Crippen LogP contribution in [0.1, 0.15) is 27.6 Å². The van der Waals surface area contributed by atoms with Gasteiger partial charge in [-0.2, -0.15) is 5.10 Å². The average Bonchev–Trinajstić information content (AvgIpc) is 2.99. The molecule has 3 aromatic rings. The fourth-order valence-corrected chi connectivity index (χ4v) is 1.95. The standard InChI is InChI=1S/C14H14N6O/c1-8-9(2)19-12-5-10(3-4-11(12)18-8)14(21)15-6-13-16-7-17-20-13/h3-5,7H,6H2,1-2H3,(H,15,21)(H,16,17,20). The van der Waals surface area contributed by atoms with E-state index in [2.05, 4.69) is 30.5 Å². The Labute approximate surface area is 120 Å². The van der Waals surface area contributed by atoms with Gasteiger partial charge in [0.25, 0.3) is 5.91 Å². The van der Waals surface area contributed by atoms with Crippen molar-refractivity contribution in [2.24, 2.45) is 0 Å². The summed E-state index contributed by atoms with van der Waals surface area (Å²) in [6.07, 6.45) is 1.40. The van der Waals surface area contributed by atoms with Gasteiger partial charge in [0, 0.05) is 5.56 Å². The number of aromatic amines is 1. The summed E-state index contributed by atoms with van der Waals surface area (Å²) in [5.74, 6) is 0.420. The van der Waals surface area contributed by atoms with Gasteiger partial charge in [0.05, 0.1) is 29.0 Å². The average molecular weight is 282 g/mol. The zero-order chi connectivity index (χ0) is 14.8. The molecule has 2 heterocycles. The maximum absolute atomic E-state index is 12.1. The number of nitrogens with one attached hydrogen (secondary N) is 2. The van der Waals surface area contributed by atoms with Crippen LogP contribution in [0.15, 0.2) is 24.5 Å². The Morgan fingerprint density at radius 1 is 1.19 bits per heavy atom. The summed E-state index contributed by atoms with van der Waals surface area (Å²) >= 11 is 0. The molecule has 3 rings (SSSR count). The van der Waals surface area contributed by atoms with E-state index >= 15 is 0 Å². The Morgan fingerprint density at radius 3 is 2.67 bits per heavy atom. The summed E-state index contributed by atoms with van der Waals surface area (Å²) in [5, 5.41) is 9.19. The number of aromatic nitrogens is 5. The van der Waals surface area contributed by atoms with Crippen LogP contribution in [0.2, 0.25) is 0 Å². The molecule has 0 saturated heterocycles. The minimum Gasteiger partial charge on any atom is -0.345 e. The minimum absolute atomic E-state index is 0.187. The highest BCUT2D eigenvalue weighted by Gasteiger charge is 2.09. The van der Waals surface area contributed by atoms with Crippen molar-refractivity contribution in [2.45, 2.75) is 20.4 Å². The third kappa shape index (κ3) is 2.71. The maximum atomic E-state index is 12.1. The first-order valence-electron chi connectivity index (χ1n) is 6.51. The number of hydrogen-bond acceptors (Lipinski definition) is 5. The van der Waals surface area contributed by atoms with Crippen LogP contribution in [0, 0.1) is 13.8 Å². The van der Waals surface area contributed by atoms with Crippen molar-refractivity contribution in [3.8, 4) is 0 Å². The lowest BCUT2D eigenvalue weighted by molar-refractivity contribution is 0.0950. The first-order chi connectivity index (χ1) is 10.1. The highest BCUT2D eigenvalue weighted by Crippen LogP contribution is 2.14. The first kappa shape index (κ1) is 13.2. The van der Waals surface area contributed by atoms with Crippen LogP contribution >= 0.6 is 0 Å². The van der Waals surface area contributed by atoms with Crippen molar-refractivity contribution >= 4 is 16.9 Å². The lowest BCUT2D eigenvalue weighted by Crippen LogP contribution is -2.23. The third-order valence-corrected chi connectivity index (χ3v) is 3.22. The molecule has 0 bridgehead atoms. The van der Waals surface area contributed by atoms with E-state index in [9.17, 15) is 4.79 Å². The second kappa shape index (κ2) is 5.28. The molecule has 0 aliphatic heterocycles. The molecule has 0 unspecified atom stereocenters. The highest BCUT2D eigenvalue weighted by atomic mass is 16.1. The Balaban J connectivity index is 1.83. The number of aryl methyl sites for hydroxylation is 2. The van der Waals surface area contributed by atoms with Gasteiger partial charge in [-0.25, -0.2) is 15.0 Å². The van der Waals surface area contributed by atoms with Crippen LogP contribution in [0.25, 0.3) is 11.0 Å². The van der Waals surface area contributed by atoms with Gasteiger partial charge < -0.3 is 5.32 Å². The van der Waals surface area contributed by atoms with E-state index in [1.165, 1.54) is 6.33 Å². The molecule has 2 aromatic heterocycles. The summed E-state index contributed by atoms with van der Waals surface area (Å²) < 4.78 is 0. The molecule has 7 nitrogen and oxygen atoms in total. The molecule has 21 heavy (non-hydrogen) atoms. The SMILES string of the molecule is Cc1nc2ccc(C(=O)NCc3ncn[nH]3)cc2nc1C. The molecule has 0 saturated carbocycles. The number of benzene rings is 1. The highest BCUT2D eigenvalue weighted by molar-refractivity contribution is 5.97. The van der Waals surface area contributed by atoms with Crippen molar-refractivity contribution in [1.82, 2.24) is 30.5 Å². The van der Waals surface area contributed by atoms with E-state index in [-0.39, 0.29) is 5.91 Å². The van der Waals surface area contributed by atoms with Crippen LogP contribution in [-0.4, -0.2) is 31.1 Å².